The number of nitrogens with one attached hydrogen (secondary N) is 1. The largest absolute Gasteiger partial charge is 0.507 e. The van der Waals surface area contributed by atoms with E-state index in [2.05, 4.69) is 25.9 Å². The van der Waals surface area contributed by atoms with Gasteiger partial charge in [-0.05, 0) is 42.5 Å². The lowest BCUT2D eigenvalue weighted by atomic mass is 10.2. The van der Waals surface area contributed by atoms with Gasteiger partial charge in [0.2, 0.25) is 0 Å². The number of phenolic OH excluding ortho intramolecular Hbond substituents is 1. The maximum absolute atomic E-state index is 12.0. The van der Waals surface area contributed by atoms with Gasteiger partial charge >= 0.3 is 0 Å². The van der Waals surface area contributed by atoms with Gasteiger partial charge in [0.1, 0.15) is 5.75 Å². The molecule has 0 atom stereocenters. The Kier molecular flexibility index (Phi) is 4.87. The van der Waals surface area contributed by atoms with E-state index >= 15 is 0 Å². The Morgan fingerprint density at radius 2 is 1.86 bits per heavy atom. The second-order valence-corrected chi connectivity index (χ2v) is 7.02. The molecular formula is C13H10BrClN2O3S. The predicted molar refractivity (Wildman–Crippen MR) is 85.2 cm³/mol. The van der Waals surface area contributed by atoms with Crippen molar-refractivity contribution in [2.75, 3.05) is 0 Å². The SMILES string of the molecule is O=S(=O)(N/N=C/c1cc(Cl)ccc1O)c1ccc(Br)cc1. The molecule has 0 aliphatic carbocycles. The standard InChI is InChI=1S/C13H10BrClN2O3S/c14-10-1-4-12(5-2-10)21(19,20)17-16-8-9-7-11(15)3-6-13(9)18/h1-8,17-18H/b16-8+. The van der Waals surface area contributed by atoms with Crippen LogP contribution in [0.25, 0.3) is 0 Å². The molecule has 2 rings (SSSR count). The van der Waals surface area contributed by atoms with Crippen LogP contribution < -0.4 is 4.83 Å². The summed E-state index contributed by atoms with van der Waals surface area (Å²) in [5, 5.41) is 13.6. The van der Waals surface area contributed by atoms with Gasteiger partial charge in [0, 0.05) is 15.1 Å². The molecule has 0 aliphatic heterocycles. The minimum absolute atomic E-state index is 0.0500. The fourth-order valence-corrected chi connectivity index (χ4v) is 2.70. The fraction of sp³-hybridized carbons (Fsp3) is 0. The zero-order valence-electron chi connectivity index (χ0n) is 10.5. The normalized spacial score (nSPS) is 11.7. The van der Waals surface area contributed by atoms with Gasteiger partial charge in [0.05, 0.1) is 11.1 Å². The molecule has 0 heterocycles. The molecule has 0 unspecified atom stereocenters. The van der Waals surface area contributed by atoms with Crippen LogP contribution in [-0.4, -0.2) is 19.7 Å². The predicted octanol–water partition coefficient (Wildman–Crippen LogP) is 3.12. The summed E-state index contributed by atoms with van der Waals surface area (Å²) in [4.78, 5) is 2.14. The zero-order valence-corrected chi connectivity index (χ0v) is 13.7. The summed E-state index contributed by atoms with van der Waals surface area (Å²) in [6.07, 6.45) is 1.18. The fourth-order valence-electron chi connectivity index (χ4n) is 1.46. The van der Waals surface area contributed by atoms with Gasteiger partial charge in [-0.1, -0.05) is 27.5 Å². The van der Waals surface area contributed by atoms with Gasteiger partial charge in [-0.15, -0.1) is 0 Å². The topological polar surface area (TPSA) is 78.8 Å². The number of sulfonamides is 1. The molecule has 0 radical (unpaired) electrons. The lowest BCUT2D eigenvalue weighted by molar-refractivity contribution is 0.474. The maximum atomic E-state index is 12.0. The van der Waals surface area contributed by atoms with Crippen LogP contribution in [-0.2, 0) is 10.0 Å². The van der Waals surface area contributed by atoms with Crippen molar-refractivity contribution >= 4 is 43.8 Å². The van der Waals surface area contributed by atoms with E-state index in [1.165, 1.54) is 36.5 Å². The molecule has 2 aromatic rings. The Hall–Kier alpha value is -1.57. The van der Waals surface area contributed by atoms with Crippen molar-refractivity contribution in [3.8, 4) is 5.75 Å². The van der Waals surface area contributed by atoms with Crippen molar-refractivity contribution < 1.29 is 13.5 Å². The lowest BCUT2D eigenvalue weighted by Crippen LogP contribution is -2.18. The first-order valence-corrected chi connectivity index (χ1v) is 8.33. The van der Waals surface area contributed by atoms with Crippen LogP contribution in [0.5, 0.6) is 5.75 Å². The third kappa shape index (κ3) is 4.20. The highest BCUT2D eigenvalue weighted by Gasteiger charge is 2.12. The first kappa shape index (κ1) is 15.8. The summed E-state index contributed by atoms with van der Waals surface area (Å²) in [6.45, 7) is 0. The zero-order chi connectivity index (χ0) is 15.5. The third-order valence-electron chi connectivity index (χ3n) is 2.49. The van der Waals surface area contributed by atoms with Crippen molar-refractivity contribution in [2.24, 2.45) is 5.10 Å². The smallest absolute Gasteiger partial charge is 0.276 e. The van der Waals surface area contributed by atoms with Gasteiger partial charge in [-0.2, -0.15) is 13.5 Å². The number of halogens is 2. The van der Waals surface area contributed by atoms with E-state index in [9.17, 15) is 13.5 Å². The maximum Gasteiger partial charge on any atom is 0.276 e. The van der Waals surface area contributed by atoms with Crippen molar-refractivity contribution in [2.45, 2.75) is 4.90 Å². The minimum atomic E-state index is -3.75. The van der Waals surface area contributed by atoms with Crippen molar-refractivity contribution in [3.63, 3.8) is 0 Å². The van der Waals surface area contributed by atoms with E-state index in [0.717, 1.165) is 4.47 Å². The number of nitrogens with zero attached hydrogens (tertiary/aromatic N) is 1. The molecule has 8 heteroatoms. The highest BCUT2D eigenvalue weighted by atomic mass is 79.9. The molecule has 0 fully saturated rings. The van der Waals surface area contributed by atoms with E-state index in [-0.39, 0.29) is 10.6 Å². The van der Waals surface area contributed by atoms with Gasteiger partial charge in [-0.25, -0.2) is 4.83 Å². The van der Waals surface area contributed by atoms with Gasteiger partial charge in [0.15, 0.2) is 0 Å². The second kappa shape index (κ2) is 6.46. The summed E-state index contributed by atoms with van der Waals surface area (Å²) >= 11 is 9.01. The number of benzene rings is 2. The van der Waals surface area contributed by atoms with Crippen LogP contribution in [0.2, 0.25) is 5.02 Å². The van der Waals surface area contributed by atoms with E-state index in [4.69, 9.17) is 11.6 Å². The summed E-state index contributed by atoms with van der Waals surface area (Å²) in [6, 6.07) is 10.5. The molecule has 21 heavy (non-hydrogen) atoms. The van der Waals surface area contributed by atoms with Gasteiger partial charge in [-0.3, -0.25) is 0 Å². The molecule has 0 saturated heterocycles. The summed E-state index contributed by atoms with van der Waals surface area (Å²) in [5.74, 6) is -0.0500. The minimum Gasteiger partial charge on any atom is -0.507 e. The Morgan fingerprint density at radius 3 is 2.52 bits per heavy atom. The van der Waals surface area contributed by atoms with Crippen LogP contribution in [0, 0.1) is 0 Å². The van der Waals surface area contributed by atoms with Gasteiger partial charge in [0.25, 0.3) is 10.0 Å². The van der Waals surface area contributed by atoms with E-state index < -0.39 is 10.0 Å². The summed E-state index contributed by atoms with van der Waals surface area (Å²) < 4.78 is 24.7. The quantitative estimate of drug-likeness (QED) is 0.623. The van der Waals surface area contributed by atoms with E-state index in [0.29, 0.717) is 10.6 Å². The number of rotatable bonds is 4. The highest BCUT2D eigenvalue weighted by Crippen LogP contribution is 2.19. The average molecular weight is 390 g/mol. The molecule has 110 valence electrons. The first-order chi connectivity index (χ1) is 9.88. The Labute approximate surface area is 135 Å². The van der Waals surface area contributed by atoms with Crippen LogP contribution in [0.4, 0.5) is 0 Å². The molecule has 0 saturated carbocycles. The molecule has 0 bridgehead atoms. The van der Waals surface area contributed by atoms with Gasteiger partial charge < -0.3 is 5.11 Å². The molecular weight excluding hydrogens is 380 g/mol. The van der Waals surface area contributed by atoms with Crippen LogP contribution >= 0.6 is 27.5 Å². The van der Waals surface area contributed by atoms with Crippen LogP contribution in [0.1, 0.15) is 5.56 Å². The monoisotopic (exact) mass is 388 g/mol. The van der Waals surface area contributed by atoms with E-state index in [1.54, 1.807) is 12.1 Å². The number of phenols is 1. The number of hydrogen-bond donors (Lipinski definition) is 2. The molecule has 0 amide bonds. The molecule has 0 aliphatic rings. The summed E-state index contributed by atoms with van der Waals surface area (Å²) in [5.41, 5.74) is 0.306. The van der Waals surface area contributed by atoms with Crippen molar-refractivity contribution in [1.29, 1.82) is 0 Å². The molecule has 5 nitrogen and oxygen atoms in total. The van der Waals surface area contributed by atoms with Crippen LogP contribution in [0.15, 0.2) is 56.9 Å². The molecule has 0 aromatic heterocycles. The van der Waals surface area contributed by atoms with Crippen LogP contribution in [0.3, 0.4) is 0 Å². The Balaban J connectivity index is 2.16. The Bertz CT molecular complexity index is 777. The third-order valence-corrected chi connectivity index (χ3v) is 4.49. The first-order valence-electron chi connectivity index (χ1n) is 5.67. The molecule has 2 N–H and O–H groups in total. The highest BCUT2D eigenvalue weighted by molar-refractivity contribution is 9.10. The van der Waals surface area contributed by atoms with E-state index in [1.807, 2.05) is 0 Å². The number of hydrazone groups is 1. The Morgan fingerprint density at radius 1 is 1.19 bits per heavy atom. The number of aromatic hydroxyl groups is 1. The molecule has 0 spiro atoms. The lowest BCUT2D eigenvalue weighted by Gasteiger charge is -2.03. The number of hydrogen-bond acceptors (Lipinski definition) is 4. The second-order valence-electron chi connectivity index (χ2n) is 4.01. The van der Waals surface area contributed by atoms with Crippen molar-refractivity contribution in [1.82, 2.24) is 4.83 Å². The van der Waals surface area contributed by atoms with Crippen molar-refractivity contribution in [3.05, 3.63) is 57.5 Å². The summed E-state index contributed by atoms with van der Waals surface area (Å²) in [7, 11) is -3.75. The average Bonchev–Trinajstić information content (AvgIpc) is 2.43. The molecule has 2 aromatic carbocycles.